The van der Waals surface area contributed by atoms with Crippen molar-refractivity contribution in [3.63, 3.8) is 0 Å². The molecule has 6 nitrogen and oxygen atoms in total. The van der Waals surface area contributed by atoms with E-state index in [0.717, 1.165) is 5.56 Å². The molecule has 0 aliphatic rings. The number of carbonyl (C=O) groups excluding carboxylic acids is 1. The Balaban J connectivity index is 1.94. The Morgan fingerprint density at radius 2 is 2.05 bits per heavy atom. The van der Waals surface area contributed by atoms with Crippen LogP contribution in [0.5, 0.6) is 0 Å². The lowest BCUT2D eigenvalue weighted by Crippen LogP contribution is -2.33. The van der Waals surface area contributed by atoms with E-state index in [9.17, 15) is 14.7 Å². The van der Waals surface area contributed by atoms with Crippen molar-refractivity contribution >= 4 is 11.9 Å². The summed E-state index contributed by atoms with van der Waals surface area (Å²) in [6, 6.07) is 8.52. The first-order valence-corrected chi connectivity index (χ1v) is 6.61. The minimum atomic E-state index is -1.10. The Morgan fingerprint density at radius 1 is 1.33 bits per heavy atom. The van der Waals surface area contributed by atoms with Crippen LogP contribution >= 0.6 is 0 Å². The molecule has 2 N–H and O–H groups in total. The molecule has 0 saturated carbocycles. The highest BCUT2D eigenvalue weighted by molar-refractivity contribution is 5.84. The van der Waals surface area contributed by atoms with Crippen LogP contribution in [0.2, 0.25) is 0 Å². The number of aryl methyl sites for hydroxylation is 2. The van der Waals surface area contributed by atoms with Gasteiger partial charge in [0, 0.05) is 25.2 Å². The highest BCUT2D eigenvalue weighted by Crippen LogP contribution is 2.12. The number of hydrogen-bond acceptors (Lipinski definition) is 3. The van der Waals surface area contributed by atoms with Crippen LogP contribution in [0.4, 0.5) is 0 Å². The average molecular weight is 287 g/mol. The third kappa shape index (κ3) is 4.17. The number of hydrogen-bond donors (Lipinski definition) is 2. The molecule has 1 amide bonds. The first-order chi connectivity index (χ1) is 10.1. The van der Waals surface area contributed by atoms with Gasteiger partial charge in [0.15, 0.2) is 6.04 Å². The third-order valence-electron chi connectivity index (χ3n) is 3.09. The molecule has 0 bridgehead atoms. The molecule has 1 aromatic heterocycles. The highest BCUT2D eigenvalue weighted by Gasteiger charge is 2.23. The summed E-state index contributed by atoms with van der Waals surface area (Å²) < 4.78 is 1.50. The van der Waals surface area contributed by atoms with Gasteiger partial charge in [-0.2, -0.15) is 5.10 Å². The van der Waals surface area contributed by atoms with Gasteiger partial charge in [0.05, 0.1) is 6.20 Å². The Kier molecular flexibility index (Phi) is 4.71. The van der Waals surface area contributed by atoms with Crippen molar-refractivity contribution in [2.24, 2.45) is 7.05 Å². The van der Waals surface area contributed by atoms with E-state index in [1.807, 2.05) is 30.3 Å². The van der Waals surface area contributed by atoms with E-state index in [1.54, 1.807) is 13.2 Å². The van der Waals surface area contributed by atoms with Crippen LogP contribution in [-0.4, -0.2) is 26.8 Å². The van der Waals surface area contributed by atoms with Crippen molar-refractivity contribution in [2.45, 2.75) is 18.9 Å². The topological polar surface area (TPSA) is 84.2 Å². The second-order valence-corrected chi connectivity index (χ2v) is 4.77. The zero-order valence-electron chi connectivity index (χ0n) is 11.7. The second-order valence-electron chi connectivity index (χ2n) is 4.77. The summed E-state index contributed by atoms with van der Waals surface area (Å²) in [4.78, 5) is 23.2. The molecule has 2 aromatic rings. The average Bonchev–Trinajstić information content (AvgIpc) is 2.89. The molecule has 0 radical (unpaired) electrons. The molecule has 0 fully saturated rings. The van der Waals surface area contributed by atoms with Crippen molar-refractivity contribution in [1.82, 2.24) is 15.1 Å². The van der Waals surface area contributed by atoms with Gasteiger partial charge < -0.3 is 10.4 Å². The molecule has 1 heterocycles. The van der Waals surface area contributed by atoms with Crippen LogP contribution in [0.1, 0.15) is 23.6 Å². The lowest BCUT2D eigenvalue weighted by molar-refractivity contribution is -0.142. The molecule has 21 heavy (non-hydrogen) atoms. The van der Waals surface area contributed by atoms with Crippen LogP contribution in [0.15, 0.2) is 42.7 Å². The maximum absolute atomic E-state index is 11.9. The summed E-state index contributed by atoms with van der Waals surface area (Å²) in [5.74, 6) is -1.40. The predicted molar refractivity (Wildman–Crippen MR) is 76.5 cm³/mol. The molecular weight excluding hydrogens is 270 g/mol. The zero-order chi connectivity index (χ0) is 15.2. The Morgan fingerprint density at radius 3 is 2.62 bits per heavy atom. The van der Waals surface area contributed by atoms with E-state index in [0.29, 0.717) is 12.0 Å². The van der Waals surface area contributed by atoms with E-state index in [4.69, 9.17) is 0 Å². The first kappa shape index (κ1) is 14.8. The van der Waals surface area contributed by atoms with E-state index >= 15 is 0 Å². The number of nitrogens with zero attached hydrogens (tertiary/aromatic N) is 2. The lowest BCUT2D eigenvalue weighted by atomic mass is 10.1. The van der Waals surface area contributed by atoms with E-state index < -0.39 is 12.0 Å². The molecule has 0 aliphatic carbocycles. The van der Waals surface area contributed by atoms with Gasteiger partial charge in [0.1, 0.15) is 0 Å². The Bertz CT molecular complexity index is 622. The number of carboxylic acid groups (broad SMARTS) is 1. The standard InChI is InChI=1S/C15H17N3O3/c1-18-10-12(9-16-18)14(15(20)21)17-13(19)8-7-11-5-3-2-4-6-11/h2-6,9-10,14H,7-8H2,1H3,(H,17,19)(H,20,21). The molecule has 1 atom stereocenters. The quantitative estimate of drug-likeness (QED) is 0.838. The van der Waals surface area contributed by atoms with Gasteiger partial charge in [-0.25, -0.2) is 4.79 Å². The number of aromatic nitrogens is 2. The summed E-state index contributed by atoms with van der Waals surface area (Å²) in [6.45, 7) is 0. The van der Waals surface area contributed by atoms with E-state index in [-0.39, 0.29) is 12.3 Å². The number of nitrogens with one attached hydrogen (secondary N) is 1. The fourth-order valence-electron chi connectivity index (χ4n) is 2.01. The van der Waals surface area contributed by atoms with Crippen LogP contribution in [-0.2, 0) is 23.1 Å². The second kappa shape index (κ2) is 6.69. The van der Waals surface area contributed by atoms with Crippen molar-refractivity contribution in [1.29, 1.82) is 0 Å². The summed E-state index contributed by atoms with van der Waals surface area (Å²) in [6.07, 6.45) is 3.84. The van der Waals surface area contributed by atoms with Crippen molar-refractivity contribution in [2.75, 3.05) is 0 Å². The van der Waals surface area contributed by atoms with Crippen LogP contribution in [0.25, 0.3) is 0 Å². The summed E-state index contributed by atoms with van der Waals surface area (Å²) >= 11 is 0. The van der Waals surface area contributed by atoms with Crippen LogP contribution < -0.4 is 5.32 Å². The van der Waals surface area contributed by atoms with Gasteiger partial charge >= 0.3 is 5.97 Å². The maximum atomic E-state index is 11.9. The maximum Gasteiger partial charge on any atom is 0.331 e. The molecule has 1 aromatic carbocycles. The molecule has 1 unspecified atom stereocenters. The number of aliphatic carboxylic acids is 1. The summed E-state index contributed by atoms with van der Waals surface area (Å²) in [5.41, 5.74) is 1.50. The van der Waals surface area contributed by atoms with Crippen LogP contribution in [0.3, 0.4) is 0 Å². The summed E-state index contributed by atoms with van der Waals surface area (Å²) in [5, 5.41) is 15.7. The molecule has 110 valence electrons. The first-order valence-electron chi connectivity index (χ1n) is 6.61. The molecular formula is C15H17N3O3. The minimum absolute atomic E-state index is 0.244. The molecule has 0 aliphatic heterocycles. The number of carbonyl (C=O) groups is 2. The predicted octanol–water partition coefficient (Wildman–Crippen LogP) is 1.29. The van der Waals surface area contributed by atoms with Gasteiger partial charge in [-0.15, -0.1) is 0 Å². The number of benzene rings is 1. The Hall–Kier alpha value is -2.63. The Labute approximate surface area is 122 Å². The third-order valence-corrected chi connectivity index (χ3v) is 3.09. The van der Waals surface area contributed by atoms with Gasteiger partial charge in [0.25, 0.3) is 0 Å². The van der Waals surface area contributed by atoms with Gasteiger partial charge in [0.2, 0.25) is 5.91 Å². The fourth-order valence-corrected chi connectivity index (χ4v) is 2.01. The molecule has 2 rings (SSSR count). The molecule has 0 spiro atoms. The van der Waals surface area contributed by atoms with Gasteiger partial charge in [-0.3, -0.25) is 9.48 Å². The van der Waals surface area contributed by atoms with Gasteiger partial charge in [-0.1, -0.05) is 30.3 Å². The van der Waals surface area contributed by atoms with Crippen molar-refractivity contribution < 1.29 is 14.7 Å². The van der Waals surface area contributed by atoms with E-state index in [2.05, 4.69) is 10.4 Å². The monoisotopic (exact) mass is 287 g/mol. The number of rotatable bonds is 6. The van der Waals surface area contributed by atoms with Gasteiger partial charge in [-0.05, 0) is 12.0 Å². The van der Waals surface area contributed by atoms with Crippen molar-refractivity contribution in [3.8, 4) is 0 Å². The molecule has 0 saturated heterocycles. The smallest absolute Gasteiger partial charge is 0.331 e. The minimum Gasteiger partial charge on any atom is -0.479 e. The number of carboxylic acids is 1. The van der Waals surface area contributed by atoms with Crippen molar-refractivity contribution in [3.05, 3.63) is 53.9 Å². The fraction of sp³-hybridized carbons (Fsp3) is 0.267. The highest BCUT2D eigenvalue weighted by atomic mass is 16.4. The lowest BCUT2D eigenvalue weighted by Gasteiger charge is -2.12. The van der Waals surface area contributed by atoms with E-state index in [1.165, 1.54) is 10.9 Å². The summed E-state index contributed by atoms with van der Waals surface area (Å²) in [7, 11) is 1.69. The normalized spacial score (nSPS) is 11.9. The number of amides is 1. The molecule has 6 heteroatoms. The SMILES string of the molecule is Cn1cc(C(NC(=O)CCc2ccccc2)C(=O)O)cn1. The zero-order valence-corrected chi connectivity index (χ0v) is 11.7. The van der Waals surface area contributed by atoms with Crippen LogP contribution in [0, 0.1) is 0 Å². The largest absolute Gasteiger partial charge is 0.479 e.